The van der Waals surface area contributed by atoms with Crippen molar-refractivity contribution < 1.29 is 14.4 Å². The summed E-state index contributed by atoms with van der Waals surface area (Å²) in [5, 5.41) is 1.61. The van der Waals surface area contributed by atoms with Crippen LogP contribution in [0.2, 0.25) is 0 Å². The fourth-order valence-corrected chi connectivity index (χ4v) is 3.17. The lowest BCUT2D eigenvalue weighted by Gasteiger charge is -2.11. The summed E-state index contributed by atoms with van der Waals surface area (Å²) in [4.78, 5) is 38.9. The lowest BCUT2D eigenvalue weighted by atomic mass is 9.96. The van der Waals surface area contributed by atoms with E-state index in [1.165, 1.54) is 0 Å². The predicted molar refractivity (Wildman–Crippen MR) is 90.0 cm³/mol. The van der Waals surface area contributed by atoms with Crippen LogP contribution in [0.15, 0.2) is 60.7 Å². The molecule has 1 aliphatic heterocycles. The maximum Gasteiger partial charge on any atom is 0.269 e. The maximum atomic E-state index is 12.8. The summed E-state index contributed by atoms with van der Waals surface area (Å²) in [7, 11) is 0. The zero-order valence-electron chi connectivity index (χ0n) is 12.9. The van der Waals surface area contributed by atoms with E-state index in [1.54, 1.807) is 36.4 Å². The van der Waals surface area contributed by atoms with Crippen LogP contribution in [0.3, 0.4) is 0 Å². The van der Waals surface area contributed by atoms with Crippen molar-refractivity contribution >= 4 is 28.5 Å². The number of rotatable bonds is 1. The second-order valence-corrected chi connectivity index (χ2v) is 5.78. The Morgan fingerprint density at radius 2 is 1.46 bits per heavy atom. The molecule has 0 fully saturated rings. The molecule has 1 heterocycles. The molecule has 4 rings (SSSR count). The van der Waals surface area contributed by atoms with E-state index in [0.29, 0.717) is 22.1 Å². The number of imide groups is 3. The van der Waals surface area contributed by atoms with Gasteiger partial charge in [0.25, 0.3) is 17.7 Å². The zero-order valence-corrected chi connectivity index (χ0v) is 12.9. The molecule has 1 aliphatic rings. The molecule has 3 amide bonds. The Hall–Kier alpha value is -3.27. The molecule has 0 bridgehead atoms. The molecule has 0 saturated carbocycles. The minimum absolute atomic E-state index is 0.292. The number of hydrogen-bond acceptors (Lipinski definition) is 3. The van der Waals surface area contributed by atoms with Crippen LogP contribution in [0.4, 0.5) is 0 Å². The summed E-state index contributed by atoms with van der Waals surface area (Å²) < 4.78 is 0. The van der Waals surface area contributed by atoms with Crippen LogP contribution >= 0.6 is 0 Å². The predicted octanol–water partition coefficient (Wildman–Crippen LogP) is 3.58. The summed E-state index contributed by atoms with van der Waals surface area (Å²) in [6.45, 7) is 1.89. The number of hydrogen-bond donors (Lipinski definition) is 0. The Balaban J connectivity index is 1.90. The summed E-state index contributed by atoms with van der Waals surface area (Å²) in [5.41, 5.74) is 1.82. The van der Waals surface area contributed by atoms with Crippen molar-refractivity contribution in [3.05, 3.63) is 82.9 Å². The third-order valence-corrected chi connectivity index (χ3v) is 4.33. The van der Waals surface area contributed by atoms with Gasteiger partial charge in [0, 0.05) is 5.56 Å². The van der Waals surface area contributed by atoms with E-state index in [1.807, 2.05) is 31.2 Å². The average molecular weight is 315 g/mol. The fraction of sp³-hybridized carbons (Fsp3) is 0.0500. The summed E-state index contributed by atoms with van der Waals surface area (Å²) in [5.74, 6) is -1.71. The van der Waals surface area contributed by atoms with E-state index in [4.69, 9.17) is 0 Å². The number of carbonyl (C=O) groups excluding carboxylic acids is 3. The molecule has 0 aromatic heterocycles. The monoisotopic (exact) mass is 315 g/mol. The molecule has 0 atom stereocenters. The quantitative estimate of drug-likeness (QED) is 0.645. The first-order valence-corrected chi connectivity index (χ1v) is 7.60. The first kappa shape index (κ1) is 14.3. The largest absolute Gasteiger partial charge is 0.269 e. The molecule has 0 N–H and O–H groups in total. The smallest absolute Gasteiger partial charge is 0.268 e. The van der Waals surface area contributed by atoms with Crippen molar-refractivity contribution in [3.63, 3.8) is 0 Å². The van der Waals surface area contributed by atoms with Crippen molar-refractivity contribution in [3.8, 4) is 0 Å². The van der Waals surface area contributed by atoms with Gasteiger partial charge in [0.2, 0.25) is 0 Å². The average Bonchev–Trinajstić information content (AvgIpc) is 2.86. The van der Waals surface area contributed by atoms with Gasteiger partial charge in [0.1, 0.15) is 0 Å². The molecule has 0 spiro atoms. The van der Waals surface area contributed by atoms with Crippen LogP contribution < -0.4 is 0 Å². The van der Waals surface area contributed by atoms with E-state index >= 15 is 0 Å². The minimum Gasteiger partial charge on any atom is -0.268 e. The number of aryl methyl sites for hydroxylation is 1. The molecule has 0 unspecified atom stereocenters. The zero-order chi connectivity index (χ0) is 16.8. The molecule has 4 heteroatoms. The molecule has 3 aromatic carbocycles. The van der Waals surface area contributed by atoms with Gasteiger partial charge in [-0.15, -0.1) is 0 Å². The number of fused-ring (bicyclic) bond motifs is 3. The van der Waals surface area contributed by atoms with Gasteiger partial charge < -0.3 is 0 Å². The first-order valence-electron chi connectivity index (χ1n) is 7.60. The van der Waals surface area contributed by atoms with Crippen LogP contribution in [0.5, 0.6) is 0 Å². The van der Waals surface area contributed by atoms with Crippen molar-refractivity contribution in [2.24, 2.45) is 0 Å². The lowest BCUT2D eigenvalue weighted by molar-refractivity contribution is 0.0566. The van der Waals surface area contributed by atoms with Crippen LogP contribution in [0, 0.1) is 6.92 Å². The Morgan fingerprint density at radius 1 is 0.833 bits per heavy atom. The Bertz CT molecular complexity index is 1020. The molecule has 3 aromatic rings. The third-order valence-electron chi connectivity index (χ3n) is 4.33. The van der Waals surface area contributed by atoms with Crippen LogP contribution in [0.1, 0.15) is 36.6 Å². The number of nitrogens with zero attached hydrogens (tertiary/aromatic N) is 1. The van der Waals surface area contributed by atoms with Crippen molar-refractivity contribution in [2.45, 2.75) is 6.92 Å². The van der Waals surface area contributed by atoms with E-state index in [9.17, 15) is 14.4 Å². The summed E-state index contributed by atoms with van der Waals surface area (Å²) >= 11 is 0. The summed E-state index contributed by atoms with van der Waals surface area (Å²) in [6, 6.07) is 17.5. The van der Waals surface area contributed by atoms with E-state index in [-0.39, 0.29) is 0 Å². The molecule has 0 radical (unpaired) electrons. The van der Waals surface area contributed by atoms with E-state index < -0.39 is 17.7 Å². The van der Waals surface area contributed by atoms with Crippen molar-refractivity contribution in [2.75, 3.05) is 0 Å². The van der Waals surface area contributed by atoms with E-state index in [0.717, 1.165) is 15.8 Å². The van der Waals surface area contributed by atoms with Gasteiger partial charge in [0.05, 0.1) is 11.1 Å². The first-order chi connectivity index (χ1) is 11.6. The highest BCUT2D eigenvalue weighted by atomic mass is 16.2. The maximum absolute atomic E-state index is 12.8. The Labute approximate surface area is 138 Å². The highest BCUT2D eigenvalue weighted by molar-refractivity contribution is 6.34. The second-order valence-electron chi connectivity index (χ2n) is 5.78. The third kappa shape index (κ3) is 1.90. The fourth-order valence-electron chi connectivity index (χ4n) is 3.17. The van der Waals surface area contributed by atoms with Crippen LogP contribution in [0.25, 0.3) is 10.8 Å². The topological polar surface area (TPSA) is 54.5 Å². The minimum atomic E-state index is -0.594. The highest BCUT2D eigenvalue weighted by Gasteiger charge is 2.41. The van der Waals surface area contributed by atoms with Crippen LogP contribution in [-0.2, 0) is 0 Å². The molecular weight excluding hydrogens is 302 g/mol. The number of benzene rings is 3. The molecule has 0 saturated heterocycles. The Kier molecular flexibility index (Phi) is 3.06. The van der Waals surface area contributed by atoms with Crippen molar-refractivity contribution in [1.29, 1.82) is 0 Å². The lowest BCUT2D eigenvalue weighted by Crippen LogP contribution is -2.36. The van der Waals surface area contributed by atoms with Gasteiger partial charge in [-0.2, -0.15) is 0 Å². The standard InChI is InChI=1S/C20H13NO3/c1-12-11-16-17(15-10-6-5-9-14(12)15)20(24)21(19(16)23)18(22)13-7-3-2-4-8-13/h2-11H,1H3. The molecule has 116 valence electrons. The Morgan fingerprint density at radius 3 is 2.17 bits per heavy atom. The van der Waals surface area contributed by atoms with Gasteiger partial charge in [-0.3, -0.25) is 14.4 Å². The number of carbonyl (C=O) groups is 3. The molecule has 24 heavy (non-hydrogen) atoms. The van der Waals surface area contributed by atoms with Gasteiger partial charge in [-0.1, -0.05) is 42.5 Å². The van der Waals surface area contributed by atoms with Gasteiger partial charge in [-0.25, -0.2) is 4.90 Å². The second kappa shape index (κ2) is 5.13. The van der Waals surface area contributed by atoms with Gasteiger partial charge >= 0.3 is 0 Å². The SMILES string of the molecule is Cc1cc2c(c3ccccc13)C(=O)N(C(=O)c1ccccc1)C2=O. The van der Waals surface area contributed by atoms with Gasteiger partial charge in [0.15, 0.2) is 0 Å². The van der Waals surface area contributed by atoms with Gasteiger partial charge in [-0.05, 0) is 41.5 Å². The number of amides is 3. The molecule has 4 nitrogen and oxygen atoms in total. The highest BCUT2D eigenvalue weighted by Crippen LogP contribution is 2.33. The molecule has 0 aliphatic carbocycles. The normalized spacial score (nSPS) is 13.5. The summed E-state index contributed by atoms with van der Waals surface area (Å²) in [6.07, 6.45) is 0. The molecular formula is C20H13NO3. The van der Waals surface area contributed by atoms with Crippen LogP contribution in [-0.4, -0.2) is 22.6 Å². The van der Waals surface area contributed by atoms with E-state index in [2.05, 4.69) is 0 Å². The van der Waals surface area contributed by atoms with Crippen molar-refractivity contribution in [1.82, 2.24) is 4.90 Å².